The monoisotopic (exact) mass is 476 g/mol. The van der Waals surface area contributed by atoms with Crippen LogP contribution in [0.3, 0.4) is 0 Å². The van der Waals surface area contributed by atoms with Gasteiger partial charge in [0.1, 0.15) is 18.1 Å². The highest BCUT2D eigenvalue weighted by Gasteiger charge is 2.26. The van der Waals surface area contributed by atoms with Gasteiger partial charge in [0.15, 0.2) is 23.3 Å². The minimum absolute atomic E-state index is 0.107. The fraction of sp³-hybridized carbons (Fsp3) is 0.192. The number of para-hydroxylation sites is 1. The minimum Gasteiger partial charge on any atom is -0.460 e. The van der Waals surface area contributed by atoms with Gasteiger partial charge in [-0.05, 0) is 35.7 Å². The third kappa shape index (κ3) is 5.81. The summed E-state index contributed by atoms with van der Waals surface area (Å²) in [5, 5.41) is 0. The number of hydrogen-bond acceptors (Lipinski definition) is 3. The molecule has 3 aromatic rings. The zero-order valence-electron chi connectivity index (χ0n) is 18.3. The highest BCUT2D eigenvalue weighted by Crippen LogP contribution is 2.26. The lowest BCUT2D eigenvalue weighted by Crippen LogP contribution is -2.21. The van der Waals surface area contributed by atoms with Crippen molar-refractivity contribution < 1.29 is 36.2 Å². The lowest BCUT2D eigenvalue weighted by Gasteiger charge is -2.16. The van der Waals surface area contributed by atoms with Crippen LogP contribution in [0.15, 0.2) is 60.7 Å². The summed E-state index contributed by atoms with van der Waals surface area (Å²) >= 11 is 0. The van der Waals surface area contributed by atoms with E-state index in [2.05, 4.69) is 0 Å². The SMILES string of the molecule is CC(C)C(/C=C/c1c(F)c(F)c(F)c(F)c1F)C(=O)OCc1cccc(Oc2ccccc2)c1. The van der Waals surface area contributed by atoms with Crippen molar-refractivity contribution in [2.45, 2.75) is 20.5 Å². The van der Waals surface area contributed by atoms with Gasteiger partial charge in [0.2, 0.25) is 5.82 Å². The summed E-state index contributed by atoms with van der Waals surface area (Å²) in [4.78, 5) is 12.6. The van der Waals surface area contributed by atoms with Gasteiger partial charge in [-0.2, -0.15) is 0 Å². The fourth-order valence-corrected chi connectivity index (χ4v) is 3.12. The van der Waals surface area contributed by atoms with Crippen molar-refractivity contribution in [1.82, 2.24) is 0 Å². The van der Waals surface area contributed by atoms with Crippen LogP contribution in [0.2, 0.25) is 0 Å². The molecule has 0 bridgehead atoms. The van der Waals surface area contributed by atoms with Crippen LogP contribution in [0.5, 0.6) is 11.5 Å². The molecule has 8 heteroatoms. The number of ether oxygens (including phenoxy) is 2. The molecule has 0 spiro atoms. The molecule has 34 heavy (non-hydrogen) atoms. The number of benzene rings is 3. The van der Waals surface area contributed by atoms with E-state index in [4.69, 9.17) is 9.47 Å². The second-order valence-electron chi connectivity index (χ2n) is 7.78. The summed E-state index contributed by atoms with van der Waals surface area (Å²) < 4.78 is 79.0. The first-order valence-electron chi connectivity index (χ1n) is 10.4. The quantitative estimate of drug-likeness (QED) is 0.149. The van der Waals surface area contributed by atoms with Gasteiger partial charge in [0, 0.05) is 0 Å². The Kier molecular flexibility index (Phi) is 8.04. The van der Waals surface area contributed by atoms with E-state index < -0.39 is 46.5 Å². The molecule has 3 nitrogen and oxygen atoms in total. The highest BCUT2D eigenvalue weighted by atomic mass is 19.2. The molecule has 0 aliphatic heterocycles. The number of halogens is 5. The van der Waals surface area contributed by atoms with Crippen molar-refractivity contribution >= 4 is 12.0 Å². The van der Waals surface area contributed by atoms with Crippen molar-refractivity contribution in [2.75, 3.05) is 0 Å². The van der Waals surface area contributed by atoms with Crippen LogP contribution >= 0.6 is 0 Å². The Labute approximate surface area is 193 Å². The third-order valence-electron chi connectivity index (χ3n) is 4.96. The zero-order chi connectivity index (χ0) is 24.8. The van der Waals surface area contributed by atoms with Crippen molar-refractivity contribution in [1.29, 1.82) is 0 Å². The van der Waals surface area contributed by atoms with Crippen LogP contribution in [-0.2, 0) is 16.1 Å². The summed E-state index contributed by atoms with van der Waals surface area (Å²) in [6, 6.07) is 16.0. The fourth-order valence-electron chi connectivity index (χ4n) is 3.12. The summed E-state index contributed by atoms with van der Waals surface area (Å²) in [5.41, 5.74) is -0.492. The summed E-state index contributed by atoms with van der Waals surface area (Å²) in [7, 11) is 0. The second kappa shape index (κ2) is 11.0. The van der Waals surface area contributed by atoms with Crippen LogP contribution in [-0.4, -0.2) is 5.97 Å². The molecule has 0 aliphatic rings. The zero-order valence-corrected chi connectivity index (χ0v) is 18.3. The Balaban J connectivity index is 1.71. The minimum atomic E-state index is -2.24. The largest absolute Gasteiger partial charge is 0.460 e. The molecule has 178 valence electrons. The van der Waals surface area contributed by atoms with E-state index in [0.29, 0.717) is 23.1 Å². The summed E-state index contributed by atoms with van der Waals surface area (Å²) in [6.45, 7) is 3.21. The first kappa shape index (κ1) is 25.0. The normalized spacial score (nSPS) is 12.2. The average molecular weight is 476 g/mol. The number of carbonyl (C=O) groups excluding carboxylic acids is 1. The predicted molar refractivity (Wildman–Crippen MR) is 116 cm³/mol. The van der Waals surface area contributed by atoms with E-state index in [-0.39, 0.29) is 12.5 Å². The predicted octanol–water partition coefficient (Wildman–Crippen LogP) is 7.20. The highest BCUT2D eigenvalue weighted by molar-refractivity contribution is 5.76. The molecule has 1 unspecified atom stereocenters. The Hall–Kier alpha value is -3.68. The van der Waals surface area contributed by atoms with Gasteiger partial charge in [-0.15, -0.1) is 0 Å². The van der Waals surface area contributed by atoms with E-state index >= 15 is 0 Å². The Morgan fingerprint density at radius 3 is 2.03 bits per heavy atom. The number of esters is 1. The van der Waals surface area contributed by atoms with Gasteiger partial charge < -0.3 is 9.47 Å². The van der Waals surface area contributed by atoms with Crippen molar-refractivity contribution in [3.63, 3.8) is 0 Å². The summed E-state index contributed by atoms with van der Waals surface area (Å²) in [5.74, 6) is -11.2. The smallest absolute Gasteiger partial charge is 0.313 e. The maximum Gasteiger partial charge on any atom is 0.313 e. The molecular formula is C26H21F5O3. The third-order valence-corrected chi connectivity index (χ3v) is 4.96. The van der Waals surface area contributed by atoms with Crippen molar-refractivity contribution in [3.8, 4) is 11.5 Å². The van der Waals surface area contributed by atoms with Crippen molar-refractivity contribution in [3.05, 3.63) is 101 Å². The van der Waals surface area contributed by atoms with Crippen LogP contribution in [0.1, 0.15) is 25.0 Å². The second-order valence-corrected chi connectivity index (χ2v) is 7.78. The van der Waals surface area contributed by atoms with Gasteiger partial charge in [0.25, 0.3) is 0 Å². The van der Waals surface area contributed by atoms with E-state index in [1.807, 2.05) is 18.2 Å². The Bertz CT molecular complexity index is 1160. The molecule has 0 fully saturated rings. The average Bonchev–Trinajstić information content (AvgIpc) is 2.83. The summed E-state index contributed by atoms with van der Waals surface area (Å²) in [6.07, 6.45) is 1.77. The first-order valence-corrected chi connectivity index (χ1v) is 10.4. The molecule has 3 rings (SSSR count). The van der Waals surface area contributed by atoms with E-state index in [0.717, 1.165) is 6.08 Å². The Morgan fingerprint density at radius 2 is 1.41 bits per heavy atom. The van der Waals surface area contributed by atoms with Crippen LogP contribution in [0.4, 0.5) is 22.0 Å². The lowest BCUT2D eigenvalue weighted by atomic mass is 9.94. The molecule has 0 radical (unpaired) electrons. The topological polar surface area (TPSA) is 35.5 Å². The molecular weight excluding hydrogens is 455 g/mol. The lowest BCUT2D eigenvalue weighted by molar-refractivity contribution is -0.149. The molecule has 3 aromatic carbocycles. The van der Waals surface area contributed by atoms with E-state index in [9.17, 15) is 26.7 Å². The van der Waals surface area contributed by atoms with E-state index in [1.165, 1.54) is 0 Å². The molecule has 0 N–H and O–H groups in total. The molecule has 0 aliphatic carbocycles. The molecule has 0 amide bonds. The van der Waals surface area contributed by atoms with Gasteiger partial charge >= 0.3 is 5.97 Å². The van der Waals surface area contributed by atoms with Gasteiger partial charge in [-0.25, -0.2) is 22.0 Å². The van der Waals surface area contributed by atoms with Crippen LogP contribution in [0, 0.1) is 40.9 Å². The molecule has 0 saturated heterocycles. The molecule has 1 atom stereocenters. The van der Waals surface area contributed by atoms with Crippen molar-refractivity contribution in [2.24, 2.45) is 11.8 Å². The molecule has 0 saturated carbocycles. The molecule has 0 aromatic heterocycles. The van der Waals surface area contributed by atoms with E-state index in [1.54, 1.807) is 50.2 Å². The maximum atomic E-state index is 13.9. The molecule has 0 heterocycles. The number of carbonyl (C=O) groups is 1. The number of hydrogen-bond donors (Lipinski definition) is 0. The van der Waals surface area contributed by atoms with Gasteiger partial charge in [0.05, 0.1) is 11.5 Å². The number of rotatable bonds is 8. The van der Waals surface area contributed by atoms with Crippen LogP contribution in [0.25, 0.3) is 6.08 Å². The maximum absolute atomic E-state index is 13.9. The van der Waals surface area contributed by atoms with Crippen LogP contribution < -0.4 is 4.74 Å². The standard InChI is InChI=1S/C26H21F5O3/c1-15(2)19(11-12-20-21(27)23(29)25(31)24(30)22(20)28)26(32)33-14-16-7-6-10-18(13-16)34-17-8-4-3-5-9-17/h3-13,15,19H,14H2,1-2H3/b12-11+. The first-order chi connectivity index (χ1) is 16.2. The van der Waals surface area contributed by atoms with Gasteiger partial charge in [-0.3, -0.25) is 4.79 Å². The Morgan fingerprint density at radius 1 is 0.824 bits per heavy atom. The van der Waals surface area contributed by atoms with Gasteiger partial charge in [-0.1, -0.05) is 56.3 Å².